The summed E-state index contributed by atoms with van der Waals surface area (Å²) in [6.45, 7) is 1.56. The van der Waals surface area contributed by atoms with E-state index >= 15 is 0 Å². The van der Waals surface area contributed by atoms with Crippen LogP contribution in [0.4, 0.5) is 0 Å². The zero-order chi connectivity index (χ0) is 24.2. The average Bonchev–Trinajstić information content (AvgIpc) is 3.64. The van der Waals surface area contributed by atoms with Gasteiger partial charge in [-0.25, -0.2) is 4.68 Å². The number of halogens is 1. The molecule has 1 aliphatic rings. The van der Waals surface area contributed by atoms with Crippen molar-refractivity contribution < 1.29 is 14.3 Å². The average molecular weight is 508 g/mol. The van der Waals surface area contributed by atoms with Crippen LogP contribution in [0.15, 0.2) is 72.1 Å². The fraction of sp³-hybridized carbons (Fsp3) is 0.259. The number of hydrogen-bond acceptors (Lipinski definition) is 5. The molecule has 0 spiro atoms. The molecule has 0 aliphatic carbocycles. The van der Waals surface area contributed by atoms with Gasteiger partial charge in [0.25, 0.3) is 5.91 Å². The highest BCUT2D eigenvalue weighted by Crippen LogP contribution is 2.37. The number of hydrogen-bond donors (Lipinski definition) is 0. The smallest absolute Gasteiger partial charge is 0.264 e. The molecule has 5 rings (SSSR count). The highest BCUT2D eigenvalue weighted by molar-refractivity contribution is 7.12. The van der Waals surface area contributed by atoms with E-state index in [1.807, 2.05) is 78.0 Å². The van der Waals surface area contributed by atoms with Crippen molar-refractivity contribution in [1.82, 2.24) is 14.7 Å². The number of thiophene rings is 1. The first-order valence-electron chi connectivity index (χ1n) is 11.6. The van der Waals surface area contributed by atoms with Crippen molar-refractivity contribution in [2.24, 2.45) is 7.05 Å². The highest BCUT2D eigenvalue weighted by atomic mass is 35.5. The van der Waals surface area contributed by atoms with Crippen LogP contribution >= 0.6 is 22.9 Å². The Morgan fingerprint density at radius 1 is 1.17 bits per heavy atom. The fourth-order valence-electron chi connectivity index (χ4n) is 4.28. The molecule has 2 aromatic carbocycles. The van der Waals surface area contributed by atoms with Crippen molar-refractivity contribution in [1.29, 1.82) is 0 Å². The van der Waals surface area contributed by atoms with Gasteiger partial charge in [0, 0.05) is 25.8 Å². The Morgan fingerprint density at radius 2 is 1.97 bits per heavy atom. The summed E-state index contributed by atoms with van der Waals surface area (Å²) >= 11 is 7.85. The van der Waals surface area contributed by atoms with Gasteiger partial charge >= 0.3 is 0 Å². The van der Waals surface area contributed by atoms with Crippen LogP contribution in [0.3, 0.4) is 0 Å². The molecule has 8 heteroatoms. The number of aryl methyl sites for hydroxylation is 1. The van der Waals surface area contributed by atoms with Crippen LogP contribution in [-0.2, 0) is 18.3 Å². The van der Waals surface area contributed by atoms with Crippen molar-refractivity contribution in [3.05, 3.63) is 87.6 Å². The first-order chi connectivity index (χ1) is 17.1. The van der Waals surface area contributed by atoms with E-state index in [-0.39, 0.29) is 12.0 Å². The molecule has 0 bridgehead atoms. The third-order valence-corrected chi connectivity index (χ3v) is 7.16. The molecule has 6 nitrogen and oxygen atoms in total. The maximum Gasteiger partial charge on any atom is 0.264 e. The summed E-state index contributed by atoms with van der Waals surface area (Å²) in [6, 6.07) is 21.0. The second-order valence-corrected chi connectivity index (χ2v) is 9.81. The van der Waals surface area contributed by atoms with Crippen molar-refractivity contribution in [2.75, 3.05) is 13.2 Å². The molecular weight excluding hydrogens is 482 g/mol. The molecule has 1 amide bonds. The number of aromatic nitrogens is 2. The fourth-order valence-corrected chi connectivity index (χ4v) is 5.15. The van der Waals surface area contributed by atoms with Crippen LogP contribution in [0.25, 0.3) is 11.3 Å². The second-order valence-electron chi connectivity index (χ2n) is 8.45. The lowest BCUT2D eigenvalue weighted by molar-refractivity contribution is 0.0510. The second kappa shape index (κ2) is 10.6. The third-order valence-electron chi connectivity index (χ3n) is 5.99. The zero-order valence-corrected chi connectivity index (χ0v) is 21.0. The van der Waals surface area contributed by atoms with Gasteiger partial charge in [-0.3, -0.25) is 4.79 Å². The summed E-state index contributed by atoms with van der Waals surface area (Å²) in [4.78, 5) is 16.1. The third kappa shape index (κ3) is 5.27. The molecule has 1 unspecified atom stereocenters. The highest BCUT2D eigenvalue weighted by Gasteiger charge is 2.28. The molecule has 2 aromatic heterocycles. The monoisotopic (exact) mass is 507 g/mol. The van der Waals surface area contributed by atoms with Crippen LogP contribution < -0.4 is 4.74 Å². The van der Waals surface area contributed by atoms with Gasteiger partial charge in [-0.05, 0) is 36.4 Å². The van der Waals surface area contributed by atoms with Gasteiger partial charge in [0.15, 0.2) is 0 Å². The van der Waals surface area contributed by atoms with E-state index in [0.717, 1.165) is 36.3 Å². The SMILES string of the molecule is Cn1nc(-c2ccccc2)c(CN(CC2CCCO2)C(=O)c2cccs2)c1Oc1ccccc1Cl. The molecule has 1 aliphatic heterocycles. The molecule has 0 radical (unpaired) electrons. The zero-order valence-electron chi connectivity index (χ0n) is 19.4. The molecule has 4 aromatic rings. The summed E-state index contributed by atoms with van der Waals surface area (Å²) in [7, 11) is 1.84. The van der Waals surface area contributed by atoms with Crippen LogP contribution in [-0.4, -0.2) is 39.8 Å². The Bertz CT molecular complexity index is 1280. The number of carbonyl (C=O) groups excluding carboxylic acids is 1. The van der Waals surface area contributed by atoms with Crippen LogP contribution in [0, 0.1) is 0 Å². The summed E-state index contributed by atoms with van der Waals surface area (Å²) < 4.78 is 13.9. The number of rotatable bonds is 8. The van der Waals surface area contributed by atoms with Gasteiger partial charge in [0.1, 0.15) is 11.4 Å². The lowest BCUT2D eigenvalue weighted by atomic mass is 10.1. The van der Waals surface area contributed by atoms with Crippen LogP contribution in [0.1, 0.15) is 28.1 Å². The van der Waals surface area contributed by atoms with Gasteiger partial charge in [0.2, 0.25) is 5.88 Å². The minimum Gasteiger partial charge on any atom is -0.437 e. The van der Waals surface area contributed by atoms with Crippen molar-refractivity contribution in [2.45, 2.75) is 25.5 Å². The van der Waals surface area contributed by atoms with Gasteiger partial charge in [-0.1, -0.05) is 60.1 Å². The van der Waals surface area contributed by atoms with E-state index in [0.29, 0.717) is 34.6 Å². The standard InChI is InChI=1S/C27H26ClN3O3S/c1-30-27(34-23-13-6-5-12-22(23)28)21(25(29-30)19-9-3-2-4-10-19)18-31(17-20-11-7-15-33-20)26(32)24-14-8-16-35-24/h2-6,8-10,12-14,16,20H,7,11,15,17-18H2,1H3. The van der Waals surface area contributed by atoms with E-state index in [1.54, 1.807) is 10.7 Å². The van der Waals surface area contributed by atoms with Gasteiger partial charge in [-0.15, -0.1) is 11.3 Å². The van der Waals surface area contributed by atoms with E-state index in [2.05, 4.69) is 0 Å². The maximum atomic E-state index is 13.6. The van der Waals surface area contributed by atoms with Gasteiger partial charge in [0.05, 0.1) is 28.1 Å². The minimum atomic E-state index is -0.0259. The van der Waals surface area contributed by atoms with E-state index in [9.17, 15) is 4.79 Å². The summed E-state index contributed by atoms with van der Waals surface area (Å²) in [5.74, 6) is 1.06. The number of benzene rings is 2. The Balaban J connectivity index is 1.56. The largest absolute Gasteiger partial charge is 0.437 e. The van der Waals surface area contributed by atoms with Crippen molar-refractivity contribution in [3.8, 4) is 22.9 Å². The Kier molecular flexibility index (Phi) is 7.18. The topological polar surface area (TPSA) is 56.6 Å². The molecule has 35 heavy (non-hydrogen) atoms. The molecule has 3 heterocycles. The molecule has 1 atom stereocenters. The Hall–Kier alpha value is -3.13. The van der Waals surface area contributed by atoms with Gasteiger partial charge < -0.3 is 14.4 Å². The molecule has 0 N–H and O–H groups in total. The summed E-state index contributed by atoms with van der Waals surface area (Å²) in [6.07, 6.45) is 1.97. The number of amides is 1. The normalized spacial score (nSPS) is 15.3. The molecule has 1 saturated heterocycles. The predicted octanol–water partition coefficient (Wildman–Crippen LogP) is 6.42. The maximum absolute atomic E-state index is 13.6. The first-order valence-corrected chi connectivity index (χ1v) is 12.8. The Labute approximate surface area is 213 Å². The van der Waals surface area contributed by atoms with E-state index in [4.69, 9.17) is 26.2 Å². The minimum absolute atomic E-state index is 0.0173. The Morgan fingerprint density at radius 3 is 2.69 bits per heavy atom. The molecular formula is C27H26ClN3O3S. The van der Waals surface area contributed by atoms with Crippen LogP contribution in [0.5, 0.6) is 11.6 Å². The molecule has 180 valence electrons. The van der Waals surface area contributed by atoms with Gasteiger partial charge in [-0.2, -0.15) is 5.10 Å². The van der Waals surface area contributed by atoms with E-state index < -0.39 is 0 Å². The van der Waals surface area contributed by atoms with E-state index in [1.165, 1.54) is 11.3 Å². The lowest BCUT2D eigenvalue weighted by Crippen LogP contribution is -2.36. The summed E-state index contributed by atoms with van der Waals surface area (Å²) in [5.41, 5.74) is 2.54. The molecule has 1 fully saturated rings. The predicted molar refractivity (Wildman–Crippen MR) is 138 cm³/mol. The first kappa shape index (κ1) is 23.6. The quantitative estimate of drug-likeness (QED) is 0.276. The van der Waals surface area contributed by atoms with Crippen LogP contribution in [0.2, 0.25) is 5.02 Å². The number of ether oxygens (including phenoxy) is 2. The van der Waals surface area contributed by atoms with Crippen molar-refractivity contribution in [3.63, 3.8) is 0 Å². The number of para-hydroxylation sites is 1. The number of nitrogens with zero attached hydrogens (tertiary/aromatic N) is 3. The molecule has 0 saturated carbocycles. The number of carbonyl (C=O) groups is 1. The van der Waals surface area contributed by atoms with Crippen molar-refractivity contribution >= 4 is 28.8 Å². The summed E-state index contributed by atoms with van der Waals surface area (Å²) in [5, 5.41) is 7.22. The lowest BCUT2D eigenvalue weighted by Gasteiger charge is -2.25.